The molecule has 3 heteroatoms. The van der Waals surface area contributed by atoms with Gasteiger partial charge in [-0.1, -0.05) is 13.0 Å². The second-order valence-electron chi connectivity index (χ2n) is 5.06. The fraction of sp³-hybridized carbons (Fsp3) is 0.600. The number of methoxy groups -OCH3 is 1. The summed E-state index contributed by atoms with van der Waals surface area (Å²) in [6.07, 6.45) is 2.43. The Morgan fingerprint density at radius 1 is 1.33 bits per heavy atom. The molecule has 1 aliphatic heterocycles. The van der Waals surface area contributed by atoms with Crippen molar-refractivity contribution in [2.45, 2.75) is 32.7 Å². The summed E-state index contributed by atoms with van der Waals surface area (Å²) >= 11 is 0. The molecule has 1 aromatic rings. The van der Waals surface area contributed by atoms with Gasteiger partial charge < -0.3 is 15.0 Å². The molecule has 0 aliphatic carbocycles. The van der Waals surface area contributed by atoms with Crippen LogP contribution in [0.1, 0.15) is 25.3 Å². The number of benzene rings is 1. The zero-order valence-corrected chi connectivity index (χ0v) is 11.7. The largest absolute Gasteiger partial charge is 0.495 e. The molecule has 0 atom stereocenters. The first-order valence-electron chi connectivity index (χ1n) is 6.86. The lowest BCUT2D eigenvalue weighted by Crippen LogP contribution is -2.38. The highest BCUT2D eigenvalue weighted by atomic mass is 16.5. The normalized spacial score (nSPS) is 17.7. The summed E-state index contributed by atoms with van der Waals surface area (Å²) in [5, 5.41) is 3.63. The van der Waals surface area contributed by atoms with Crippen LogP contribution in [0.2, 0.25) is 0 Å². The van der Waals surface area contributed by atoms with Crippen LogP contribution in [-0.2, 0) is 0 Å². The summed E-state index contributed by atoms with van der Waals surface area (Å²) in [6, 6.07) is 6.87. The van der Waals surface area contributed by atoms with Crippen molar-refractivity contribution in [3.8, 4) is 5.75 Å². The Labute approximate surface area is 110 Å². The van der Waals surface area contributed by atoms with Gasteiger partial charge in [0.05, 0.1) is 12.8 Å². The molecule has 0 spiro atoms. The van der Waals surface area contributed by atoms with Crippen LogP contribution in [0.5, 0.6) is 5.75 Å². The molecule has 0 bridgehead atoms. The highest BCUT2D eigenvalue weighted by Gasteiger charge is 2.18. The molecule has 1 aliphatic rings. The highest BCUT2D eigenvalue weighted by molar-refractivity contribution is 5.58. The van der Waals surface area contributed by atoms with E-state index in [1.165, 1.54) is 38.0 Å². The molecule has 18 heavy (non-hydrogen) atoms. The molecule has 2 rings (SSSR count). The first-order valence-corrected chi connectivity index (χ1v) is 6.86. The van der Waals surface area contributed by atoms with Crippen LogP contribution < -0.4 is 10.1 Å². The SMILES string of the molecule is CCN1CCC(Nc2cc(C)ccc2OC)CC1. The molecule has 0 amide bonds. The summed E-state index contributed by atoms with van der Waals surface area (Å²) in [5.41, 5.74) is 2.40. The first kappa shape index (κ1) is 13.2. The van der Waals surface area contributed by atoms with Gasteiger partial charge in [0.15, 0.2) is 0 Å². The minimum absolute atomic E-state index is 0.573. The Balaban J connectivity index is 1.99. The Hall–Kier alpha value is -1.22. The summed E-state index contributed by atoms with van der Waals surface area (Å²) in [6.45, 7) is 7.91. The monoisotopic (exact) mass is 248 g/mol. The predicted molar refractivity (Wildman–Crippen MR) is 76.5 cm³/mol. The molecule has 0 unspecified atom stereocenters. The van der Waals surface area contributed by atoms with Crippen molar-refractivity contribution in [3.05, 3.63) is 23.8 Å². The molecule has 100 valence electrons. The van der Waals surface area contributed by atoms with E-state index in [4.69, 9.17) is 4.74 Å². The summed E-state index contributed by atoms with van der Waals surface area (Å²) in [7, 11) is 1.73. The quantitative estimate of drug-likeness (QED) is 0.886. The van der Waals surface area contributed by atoms with Crippen molar-refractivity contribution in [2.24, 2.45) is 0 Å². The van der Waals surface area contributed by atoms with Gasteiger partial charge in [-0.3, -0.25) is 0 Å². The van der Waals surface area contributed by atoms with Gasteiger partial charge in [-0.15, -0.1) is 0 Å². The van der Waals surface area contributed by atoms with Gasteiger partial charge in [0, 0.05) is 19.1 Å². The van der Waals surface area contributed by atoms with Gasteiger partial charge >= 0.3 is 0 Å². The van der Waals surface area contributed by atoms with Gasteiger partial charge in [-0.25, -0.2) is 0 Å². The third-order valence-corrected chi connectivity index (χ3v) is 3.75. The number of nitrogens with one attached hydrogen (secondary N) is 1. The van der Waals surface area contributed by atoms with Crippen molar-refractivity contribution in [2.75, 3.05) is 32.1 Å². The minimum Gasteiger partial charge on any atom is -0.495 e. The molecule has 1 aromatic carbocycles. The van der Waals surface area contributed by atoms with Gasteiger partial charge in [-0.2, -0.15) is 0 Å². The molecule has 1 fully saturated rings. The van der Waals surface area contributed by atoms with Gasteiger partial charge in [0.1, 0.15) is 5.75 Å². The Kier molecular flexibility index (Phi) is 4.48. The minimum atomic E-state index is 0.573. The maximum absolute atomic E-state index is 5.41. The number of nitrogens with zero attached hydrogens (tertiary/aromatic N) is 1. The van der Waals surface area contributed by atoms with E-state index in [2.05, 4.69) is 36.2 Å². The van der Waals surface area contributed by atoms with Crippen molar-refractivity contribution in [3.63, 3.8) is 0 Å². The lowest BCUT2D eigenvalue weighted by Gasteiger charge is -2.32. The fourth-order valence-electron chi connectivity index (χ4n) is 2.55. The maximum Gasteiger partial charge on any atom is 0.141 e. The van der Waals surface area contributed by atoms with E-state index in [1.807, 2.05) is 6.07 Å². The number of anilines is 1. The second kappa shape index (κ2) is 6.10. The molecular weight excluding hydrogens is 224 g/mol. The third-order valence-electron chi connectivity index (χ3n) is 3.75. The molecule has 1 N–H and O–H groups in total. The van der Waals surface area contributed by atoms with E-state index >= 15 is 0 Å². The summed E-state index contributed by atoms with van der Waals surface area (Å²) in [5.74, 6) is 0.943. The molecule has 0 radical (unpaired) electrons. The topological polar surface area (TPSA) is 24.5 Å². The lowest BCUT2D eigenvalue weighted by molar-refractivity contribution is 0.229. The number of ether oxygens (including phenoxy) is 1. The molecule has 1 saturated heterocycles. The van der Waals surface area contributed by atoms with Gasteiger partial charge in [0.25, 0.3) is 0 Å². The van der Waals surface area contributed by atoms with Crippen LogP contribution in [-0.4, -0.2) is 37.7 Å². The van der Waals surface area contributed by atoms with E-state index in [0.29, 0.717) is 6.04 Å². The van der Waals surface area contributed by atoms with Crippen LogP contribution in [0.25, 0.3) is 0 Å². The zero-order chi connectivity index (χ0) is 13.0. The van der Waals surface area contributed by atoms with Gasteiger partial charge in [-0.05, 0) is 44.0 Å². The average molecular weight is 248 g/mol. The first-order chi connectivity index (χ1) is 8.72. The van der Waals surface area contributed by atoms with Gasteiger partial charge in [0.2, 0.25) is 0 Å². The summed E-state index contributed by atoms with van der Waals surface area (Å²) in [4.78, 5) is 2.51. The lowest BCUT2D eigenvalue weighted by atomic mass is 10.0. The van der Waals surface area contributed by atoms with Crippen molar-refractivity contribution in [1.82, 2.24) is 4.90 Å². The average Bonchev–Trinajstić information content (AvgIpc) is 2.40. The Morgan fingerprint density at radius 3 is 2.67 bits per heavy atom. The molecule has 1 heterocycles. The third kappa shape index (κ3) is 3.16. The number of rotatable bonds is 4. The number of aryl methyl sites for hydroxylation is 1. The zero-order valence-electron chi connectivity index (χ0n) is 11.7. The van der Waals surface area contributed by atoms with Crippen LogP contribution in [0.4, 0.5) is 5.69 Å². The molecular formula is C15H24N2O. The van der Waals surface area contributed by atoms with Crippen molar-refractivity contribution in [1.29, 1.82) is 0 Å². The van der Waals surface area contributed by atoms with Crippen LogP contribution in [0.3, 0.4) is 0 Å². The molecule has 0 aromatic heterocycles. The van der Waals surface area contributed by atoms with E-state index in [-0.39, 0.29) is 0 Å². The molecule has 3 nitrogen and oxygen atoms in total. The number of hydrogen-bond donors (Lipinski definition) is 1. The van der Waals surface area contributed by atoms with E-state index in [9.17, 15) is 0 Å². The highest BCUT2D eigenvalue weighted by Crippen LogP contribution is 2.27. The fourth-order valence-corrected chi connectivity index (χ4v) is 2.55. The van der Waals surface area contributed by atoms with Crippen molar-refractivity contribution >= 4 is 5.69 Å². The molecule has 0 saturated carbocycles. The summed E-state index contributed by atoms with van der Waals surface area (Å²) < 4.78 is 5.41. The number of hydrogen-bond acceptors (Lipinski definition) is 3. The maximum atomic E-state index is 5.41. The second-order valence-corrected chi connectivity index (χ2v) is 5.06. The Morgan fingerprint density at radius 2 is 2.06 bits per heavy atom. The van der Waals surface area contributed by atoms with E-state index in [1.54, 1.807) is 7.11 Å². The standard InChI is InChI=1S/C15H24N2O/c1-4-17-9-7-13(8-10-17)16-14-11-12(2)5-6-15(14)18-3/h5-6,11,13,16H,4,7-10H2,1-3H3. The van der Waals surface area contributed by atoms with E-state index in [0.717, 1.165) is 11.4 Å². The Bertz CT molecular complexity index is 384. The van der Waals surface area contributed by atoms with Crippen LogP contribution >= 0.6 is 0 Å². The number of likely N-dealkylation sites (tertiary alicyclic amines) is 1. The van der Waals surface area contributed by atoms with E-state index < -0.39 is 0 Å². The number of piperidine rings is 1. The smallest absolute Gasteiger partial charge is 0.141 e. The van der Waals surface area contributed by atoms with Crippen molar-refractivity contribution < 1.29 is 4.74 Å². The predicted octanol–water partition coefficient (Wildman–Crippen LogP) is 2.90. The van der Waals surface area contributed by atoms with Crippen LogP contribution in [0.15, 0.2) is 18.2 Å². The van der Waals surface area contributed by atoms with Crippen LogP contribution in [0, 0.1) is 6.92 Å².